The Morgan fingerprint density at radius 1 is 1.35 bits per heavy atom. The molecule has 112 valence electrons. The van der Waals surface area contributed by atoms with Crippen LogP contribution in [-0.2, 0) is 16.1 Å². The van der Waals surface area contributed by atoms with Crippen LogP contribution < -0.4 is 10.6 Å². The third-order valence-corrected chi connectivity index (χ3v) is 2.61. The molecule has 1 rings (SSSR count). The van der Waals surface area contributed by atoms with Crippen molar-refractivity contribution in [2.45, 2.75) is 20.0 Å². The molecule has 2 N–H and O–H groups in total. The fourth-order valence-electron chi connectivity index (χ4n) is 1.49. The first-order valence-corrected chi connectivity index (χ1v) is 6.64. The Morgan fingerprint density at radius 3 is 2.65 bits per heavy atom. The van der Waals surface area contributed by atoms with Crippen LogP contribution >= 0.6 is 0 Å². The van der Waals surface area contributed by atoms with Crippen molar-refractivity contribution in [3.05, 3.63) is 11.9 Å². The largest absolute Gasteiger partial charge is 0.374 e. The van der Waals surface area contributed by atoms with Crippen molar-refractivity contribution in [2.24, 2.45) is 0 Å². The molecule has 7 heteroatoms. The van der Waals surface area contributed by atoms with E-state index in [1.807, 2.05) is 6.92 Å². The molecule has 0 spiro atoms. The van der Waals surface area contributed by atoms with E-state index in [-0.39, 0.29) is 5.91 Å². The van der Waals surface area contributed by atoms with Gasteiger partial charge in [0.15, 0.2) is 5.82 Å². The molecule has 1 aromatic heterocycles. The van der Waals surface area contributed by atoms with Crippen LogP contribution in [0.4, 0.5) is 11.6 Å². The van der Waals surface area contributed by atoms with Gasteiger partial charge in [0.1, 0.15) is 18.2 Å². The summed E-state index contributed by atoms with van der Waals surface area (Å²) in [6.45, 7) is 3.45. The summed E-state index contributed by atoms with van der Waals surface area (Å²) in [6, 6.07) is 1.80. The molecule has 1 heterocycles. The van der Waals surface area contributed by atoms with Gasteiger partial charge in [-0.05, 0) is 6.92 Å². The standard InChI is InChI=1S/C13H23N5O2/c1-5-20-9-12-16-10(14-2)8-11(17-12)15-7-6-13(19)18(3)4/h8H,5-7,9H2,1-4H3,(H2,14,15,16,17). The summed E-state index contributed by atoms with van der Waals surface area (Å²) in [5.41, 5.74) is 0. The van der Waals surface area contributed by atoms with Crippen molar-refractivity contribution >= 4 is 17.5 Å². The summed E-state index contributed by atoms with van der Waals surface area (Å²) in [7, 11) is 5.28. The van der Waals surface area contributed by atoms with Crippen LogP contribution in [0.5, 0.6) is 0 Å². The summed E-state index contributed by atoms with van der Waals surface area (Å²) < 4.78 is 5.31. The highest BCUT2D eigenvalue weighted by molar-refractivity contribution is 5.76. The lowest BCUT2D eigenvalue weighted by Gasteiger charge is -2.12. The molecule has 7 nitrogen and oxygen atoms in total. The van der Waals surface area contributed by atoms with Crippen LogP contribution in [0, 0.1) is 0 Å². The van der Waals surface area contributed by atoms with Crippen LogP contribution in [0.15, 0.2) is 6.07 Å². The second-order valence-corrected chi connectivity index (χ2v) is 4.41. The minimum absolute atomic E-state index is 0.0786. The molecule has 0 saturated carbocycles. The van der Waals surface area contributed by atoms with Gasteiger partial charge in [0.2, 0.25) is 5.91 Å². The quantitative estimate of drug-likeness (QED) is 0.738. The summed E-state index contributed by atoms with van der Waals surface area (Å²) >= 11 is 0. The molecule has 0 radical (unpaired) electrons. The zero-order valence-electron chi connectivity index (χ0n) is 12.6. The Bertz CT molecular complexity index is 437. The molecule has 0 aromatic carbocycles. The maximum atomic E-state index is 11.5. The Labute approximate surface area is 119 Å². The highest BCUT2D eigenvalue weighted by Crippen LogP contribution is 2.11. The number of nitrogens with one attached hydrogen (secondary N) is 2. The van der Waals surface area contributed by atoms with Gasteiger partial charge < -0.3 is 20.3 Å². The molecule has 0 aliphatic rings. The van der Waals surface area contributed by atoms with E-state index < -0.39 is 0 Å². The number of hydrogen-bond acceptors (Lipinski definition) is 6. The lowest BCUT2D eigenvalue weighted by Crippen LogP contribution is -2.24. The second kappa shape index (κ2) is 8.31. The second-order valence-electron chi connectivity index (χ2n) is 4.41. The molecule has 0 aliphatic heterocycles. The maximum absolute atomic E-state index is 11.5. The Morgan fingerprint density at radius 2 is 2.05 bits per heavy atom. The van der Waals surface area contributed by atoms with Crippen LogP contribution in [0.2, 0.25) is 0 Å². The van der Waals surface area contributed by atoms with Crippen LogP contribution in [0.3, 0.4) is 0 Å². The van der Waals surface area contributed by atoms with E-state index in [1.165, 1.54) is 0 Å². The topological polar surface area (TPSA) is 79.4 Å². The molecule has 1 aromatic rings. The lowest BCUT2D eigenvalue weighted by molar-refractivity contribution is -0.128. The number of aromatic nitrogens is 2. The number of anilines is 2. The summed E-state index contributed by atoms with van der Waals surface area (Å²) in [4.78, 5) is 21.7. The van der Waals surface area contributed by atoms with E-state index in [4.69, 9.17) is 4.74 Å². The van der Waals surface area contributed by atoms with Gasteiger partial charge in [-0.3, -0.25) is 4.79 Å². The molecule has 0 atom stereocenters. The fourth-order valence-corrected chi connectivity index (χ4v) is 1.49. The number of ether oxygens (including phenoxy) is 1. The molecule has 20 heavy (non-hydrogen) atoms. The SMILES string of the molecule is CCOCc1nc(NC)cc(NCCC(=O)N(C)C)n1. The predicted molar refractivity (Wildman–Crippen MR) is 78.7 cm³/mol. The average molecular weight is 281 g/mol. The van der Waals surface area contributed by atoms with Crippen molar-refractivity contribution in [1.82, 2.24) is 14.9 Å². The zero-order chi connectivity index (χ0) is 15.0. The van der Waals surface area contributed by atoms with E-state index in [0.29, 0.717) is 37.8 Å². The number of rotatable bonds is 8. The van der Waals surface area contributed by atoms with E-state index in [0.717, 1.165) is 5.82 Å². The molecule has 0 bridgehead atoms. The third kappa shape index (κ3) is 5.40. The minimum atomic E-state index is 0.0786. The van der Waals surface area contributed by atoms with Crippen LogP contribution in [-0.4, -0.2) is 55.1 Å². The van der Waals surface area contributed by atoms with Gasteiger partial charge in [0.25, 0.3) is 0 Å². The van der Waals surface area contributed by atoms with Crippen LogP contribution in [0.25, 0.3) is 0 Å². The Hall–Kier alpha value is -1.89. The highest BCUT2D eigenvalue weighted by atomic mass is 16.5. The van der Waals surface area contributed by atoms with E-state index >= 15 is 0 Å². The minimum Gasteiger partial charge on any atom is -0.374 e. The molecular formula is C13H23N5O2. The maximum Gasteiger partial charge on any atom is 0.223 e. The first-order chi connectivity index (χ1) is 9.56. The summed E-state index contributed by atoms with van der Waals surface area (Å²) in [6.07, 6.45) is 0.423. The van der Waals surface area contributed by atoms with E-state index in [1.54, 1.807) is 32.1 Å². The van der Waals surface area contributed by atoms with Crippen LogP contribution in [0.1, 0.15) is 19.2 Å². The number of hydrogen-bond donors (Lipinski definition) is 2. The molecule has 1 amide bonds. The van der Waals surface area contributed by atoms with Crippen molar-refractivity contribution in [3.8, 4) is 0 Å². The van der Waals surface area contributed by atoms with Crippen molar-refractivity contribution in [3.63, 3.8) is 0 Å². The molecule has 0 unspecified atom stereocenters. The lowest BCUT2D eigenvalue weighted by atomic mass is 10.3. The third-order valence-electron chi connectivity index (χ3n) is 2.61. The summed E-state index contributed by atoms with van der Waals surface area (Å²) in [5.74, 6) is 2.09. The number of carbonyl (C=O) groups is 1. The molecular weight excluding hydrogens is 258 g/mol. The predicted octanol–water partition coefficient (Wildman–Crippen LogP) is 0.945. The van der Waals surface area contributed by atoms with Gasteiger partial charge in [0.05, 0.1) is 0 Å². The van der Waals surface area contributed by atoms with Gasteiger partial charge in [-0.1, -0.05) is 0 Å². The van der Waals surface area contributed by atoms with E-state index in [9.17, 15) is 4.79 Å². The number of amides is 1. The van der Waals surface area contributed by atoms with Gasteiger partial charge in [-0.2, -0.15) is 0 Å². The van der Waals surface area contributed by atoms with Gasteiger partial charge in [-0.15, -0.1) is 0 Å². The van der Waals surface area contributed by atoms with Crippen molar-refractivity contribution in [1.29, 1.82) is 0 Å². The summed E-state index contributed by atoms with van der Waals surface area (Å²) in [5, 5.41) is 6.11. The molecule has 0 saturated heterocycles. The van der Waals surface area contributed by atoms with Gasteiger partial charge in [0, 0.05) is 46.8 Å². The van der Waals surface area contributed by atoms with Crippen molar-refractivity contribution in [2.75, 3.05) is 44.9 Å². The average Bonchev–Trinajstić information content (AvgIpc) is 2.44. The fraction of sp³-hybridized carbons (Fsp3) is 0.615. The first-order valence-electron chi connectivity index (χ1n) is 6.64. The zero-order valence-corrected chi connectivity index (χ0v) is 12.6. The van der Waals surface area contributed by atoms with E-state index in [2.05, 4.69) is 20.6 Å². The highest BCUT2D eigenvalue weighted by Gasteiger charge is 2.06. The monoisotopic (exact) mass is 281 g/mol. The van der Waals surface area contributed by atoms with Crippen molar-refractivity contribution < 1.29 is 9.53 Å². The first kappa shape index (κ1) is 16.2. The van der Waals surface area contributed by atoms with Gasteiger partial charge in [-0.25, -0.2) is 9.97 Å². The number of nitrogens with zero attached hydrogens (tertiary/aromatic N) is 3. The smallest absolute Gasteiger partial charge is 0.223 e. The molecule has 0 fully saturated rings. The number of carbonyl (C=O) groups excluding carboxylic acids is 1. The molecule has 0 aliphatic carbocycles. The Kier molecular flexibility index (Phi) is 6.72. The Balaban J connectivity index is 2.61. The normalized spacial score (nSPS) is 10.2. The van der Waals surface area contributed by atoms with Gasteiger partial charge >= 0.3 is 0 Å².